The SMILES string of the molecule is COC(=O)c1sc(C#CC(C)(C)C)cc1Br.COC(=O)c1sc(C#CC(C)(C)C)cc1N1C(=O)C(CCCO)OC[C@H]1C1CCCCC1.O=C1NC(C2CCCCC2)COC1CCCO. The Morgan fingerprint density at radius 1 is 0.754 bits per heavy atom. The first kappa shape index (κ1) is 54.3. The third-order valence-corrected chi connectivity index (χ3v) is 14.5. The van der Waals surface area contributed by atoms with E-state index in [0.29, 0.717) is 66.2 Å². The fourth-order valence-corrected chi connectivity index (χ4v) is 10.8. The number of carbonyl (C=O) groups excluding carboxylic acids is 4. The second-order valence-corrected chi connectivity index (χ2v) is 22.1. The number of carbonyl (C=O) groups is 4. The number of morpholine rings is 2. The van der Waals surface area contributed by atoms with Gasteiger partial charge in [-0.25, -0.2) is 9.59 Å². The molecule has 12 nitrogen and oxygen atoms in total. The highest BCUT2D eigenvalue weighted by Crippen LogP contribution is 2.40. The fourth-order valence-electron chi connectivity index (χ4n) is 8.24. The molecule has 6 rings (SSSR count). The number of esters is 2. The Balaban J connectivity index is 0.000000236. The minimum absolute atomic E-state index is 0.0115. The summed E-state index contributed by atoms with van der Waals surface area (Å²) in [5, 5.41) is 21.1. The summed E-state index contributed by atoms with van der Waals surface area (Å²) in [5.41, 5.74) is 0.365. The van der Waals surface area contributed by atoms with E-state index < -0.39 is 12.1 Å². The van der Waals surface area contributed by atoms with Gasteiger partial charge in [-0.15, -0.1) is 22.7 Å². The number of halogens is 1. The van der Waals surface area contributed by atoms with Gasteiger partial charge in [0.2, 0.25) is 5.91 Å². The minimum atomic E-state index is -0.614. The number of nitrogens with one attached hydrogen (secondary N) is 1. The van der Waals surface area contributed by atoms with Gasteiger partial charge >= 0.3 is 11.9 Å². The largest absolute Gasteiger partial charge is 0.465 e. The number of aliphatic hydroxyl groups excluding tert-OH is 2. The van der Waals surface area contributed by atoms with Crippen molar-refractivity contribution in [3.8, 4) is 23.7 Å². The highest BCUT2D eigenvalue weighted by Gasteiger charge is 2.43. The van der Waals surface area contributed by atoms with Crippen molar-refractivity contribution in [1.29, 1.82) is 0 Å². The van der Waals surface area contributed by atoms with Crippen LogP contribution in [0, 0.1) is 46.3 Å². The smallest absolute Gasteiger partial charge is 0.350 e. The Labute approximate surface area is 403 Å². The van der Waals surface area contributed by atoms with Crippen LogP contribution in [0.2, 0.25) is 0 Å². The average molecular weight is 1000 g/mol. The van der Waals surface area contributed by atoms with Crippen molar-refractivity contribution in [2.45, 2.75) is 156 Å². The predicted molar refractivity (Wildman–Crippen MR) is 260 cm³/mol. The minimum Gasteiger partial charge on any atom is -0.465 e. The fraction of sp³-hybridized carbons (Fsp3) is 0.680. The highest BCUT2D eigenvalue weighted by atomic mass is 79.9. The Morgan fingerprint density at radius 3 is 1.77 bits per heavy atom. The third-order valence-electron chi connectivity index (χ3n) is 11.6. The van der Waals surface area contributed by atoms with Crippen molar-refractivity contribution in [2.24, 2.45) is 22.7 Å². The van der Waals surface area contributed by atoms with Crippen LogP contribution in [0.3, 0.4) is 0 Å². The summed E-state index contributed by atoms with van der Waals surface area (Å²) in [4.78, 5) is 53.8. The van der Waals surface area contributed by atoms with Crippen molar-refractivity contribution in [2.75, 3.05) is 45.5 Å². The lowest BCUT2D eigenvalue weighted by atomic mass is 9.82. The van der Waals surface area contributed by atoms with Gasteiger partial charge in [0.05, 0.1) is 55.0 Å². The van der Waals surface area contributed by atoms with Crippen LogP contribution in [-0.4, -0.2) is 98.9 Å². The highest BCUT2D eigenvalue weighted by molar-refractivity contribution is 9.10. The van der Waals surface area contributed by atoms with Crippen molar-refractivity contribution in [3.05, 3.63) is 36.1 Å². The zero-order valence-electron chi connectivity index (χ0n) is 39.6. The van der Waals surface area contributed by atoms with Crippen LogP contribution in [-0.2, 0) is 28.5 Å². The standard InChI is InChI=1S/C25H35NO5S.C13H23NO3.C12H13BrO2S/c1-25(2,3)13-12-18-15-19(22(32-18)24(29)30-4)26-20(17-9-6-5-7-10-17)16-31-21(23(26)28)11-8-14-27;15-8-4-7-12-13(16)14-11(9-17-12)10-5-2-1-3-6-10;1-12(2,3)6-5-8-7-9(13)10(16-8)11(14)15-4/h15,17,20-21,27H,5-11,14,16H2,1-4H3;10-12,15H,1-9H2,(H,14,16);7H,1-4H3/t20-,21?;;/m0../s1. The molecule has 2 aromatic rings. The lowest BCUT2D eigenvalue weighted by Gasteiger charge is -2.44. The van der Waals surface area contributed by atoms with E-state index in [1.165, 1.54) is 75.4 Å². The second kappa shape index (κ2) is 26.3. The Morgan fingerprint density at radius 2 is 1.25 bits per heavy atom. The average Bonchev–Trinajstić information content (AvgIpc) is 3.89. The number of methoxy groups -OCH3 is 2. The molecule has 2 amide bonds. The normalized spacial score (nSPS) is 21.8. The molecule has 4 fully saturated rings. The number of aliphatic hydroxyl groups is 2. The van der Waals surface area contributed by atoms with Crippen LogP contribution < -0.4 is 10.2 Å². The Hall–Kier alpha value is -3.28. The first-order valence-electron chi connectivity index (χ1n) is 23.1. The number of nitrogens with zero attached hydrogens (tertiary/aromatic N) is 1. The number of anilines is 1. The summed E-state index contributed by atoms with van der Waals surface area (Å²) < 4.78 is 22.1. The number of ether oxygens (including phenoxy) is 4. The summed E-state index contributed by atoms with van der Waals surface area (Å²) in [6.07, 6.45) is 13.2. The van der Waals surface area contributed by atoms with Gasteiger partial charge in [0.25, 0.3) is 5.91 Å². The molecule has 3 N–H and O–H groups in total. The van der Waals surface area contributed by atoms with E-state index in [1.807, 2.05) is 53.7 Å². The lowest BCUT2D eigenvalue weighted by Crippen LogP contribution is -2.57. The molecular formula is C50H71BrN2O10S2. The molecular weight excluding hydrogens is 933 g/mol. The molecule has 3 unspecified atom stereocenters. The molecule has 2 saturated carbocycles. The van der Waals surface area contributed by atoms with Gasteiger partial charge < -0.3 is 39.4 Å². The number of thiophene rings is 2. The lowest BCUT2D eigenvalue weighted by molar-refractivity contribution is -0.143. The maximum Gasteiger partial charge on any atom is 0.350 e. The van der Waals surface area contributed by atoms with Gasteiger partial charge in [-0.3, -0.25) is 9.59 Å². The van der Waals surface area contributed by atoms with Gasteiger partial charge in [-0.1, -0.05) is 62.2 Å². The van der Waals surface area contributed by atoms with Gasteiger partial charge in [0.15, 0.2) is 0 Å². The van der Waals surface area contributed by atoms with Crippen LogP contribution in [0.25, 0.3) is 0 Å². The molecule has 2 aliphatic carbocycles. The van der Waals surface area contributed by atoms with E-state index in [-0.39, 0.29) is 60.0 Å². The maximum absolute atomic E-state index is 13.6. The van der Waals surface area contributed by atoms with Crippen LogP contribution >= 0.6 is 38.6 Å². The van der Waals surface area contributed by atoms with Crippen molar-refractivity contribution in [1.82, 2.24) is 5.32 Å². The van der Waals surface area contributed by atoms with E-state index in [4.69, 9.17) is 19.3 Å². The van der Waals surface area contributed by atoms with E-state index in [1.54, 1.807) is 4.90 Å². The first-order chi connectivity index (χ1) is 30.9. The zero-order chi connectivity index (χ0) is 47.7. The maximum atomic E-state index is 13.6. The van der Waals surface area contributed by atoms with Gasteiger partial charge in [-0.05, 0) is 133 Å². The number of hydrogen-bond donors (Lipinski definition) is 3. The molecule has 4 aliphatic rings. The topological polar surface area (TPSA) is 161 Å². The quantitative estimate of drug-likeness (QED) is 0.146. The molecule has 0 aromatic carbocycles. The molecule has 2 saturated heterocycles. The number of amides is 2. The summed E-state index contributed by atoms with van der Waals surface area (Å²) >= 11 is 5.93. The number of rotatable bonds is 11. The van der Waals surface area contributed by atoms with Crippen molar-refractivity contribution < 1.29 is 48.3 Å². The van der Waals surface area contributed by atoms with Crippen LogP contribution in [0.4, 0.5) is 5.69 Å². The van der Waals surface area contributed by atoms with E-state index >= 15 is 0 Å². The molecule has 4 atom stereocenters. The summed E-state index contributed by atoms with van der Waals surface area (Å²) in [7, 11) is 2.73. The molecule has 0 spiro atoms. The second-order valence-electron chi connectivity index (χ2n) is 19.2. The molecule has 0 radical (unpaired) electrons. The molecule has 2 aliphatic heterocycles. The molecule has 65 heavy (non-hydrogen) atoms. The zero-order valence-corrected chi connectivity index (χ0v) is 42.9. The molecule has 15 heteroatoms. The van der Waals surface area contributed by atoms with E-state index in [9.17, 15) is 24.3 Å². The third kappa shape index (κ3) is 17.1. The molecule has 2 aromatic heterocycles. The molecule has 360 valence electrons. The number of hydrogen-bond acceptors (Lipinski definition) is 12. The van der Waals surface area contributed by atoms with Crippen LogP contribution in [0.5, 0.6) is 0 Å². The van der Waals surface area contributed by atoms with Gasteiger partial charge in [-0.2, -0.15) is 0 Å². The summed E-state index contributed by atoms with van der Waals surface area (Å²) in [6, 6.07) is 3.80. The van der Waals surface area contributed by atoms with Gasteiger partial charge in [0.1, 0.15) is 22.0 Å². The monoisotopic (exact) mass is 1000 g/mol. The van der Waals surface area contributed by atoms with E-state index in [2.05, 4.69) is 49.7 Å². The van der Waals surface area contributed by atoms with Gasteiger partial charge in [0, 0.05) is 28.5 Å². The van der Waals surface area contributed by atoms with Crippen molar-refractivity contribution >= 4 is 68.0 Å². The molecule has 0 bridgehead atoms. The first-order valence-corrected chi connectivity index (χ1v) is 25.6. The van der Waals surface area contributed by atoms with Crippen LogP contribution in [0.1, 0.15) is 161 Å². The summed E-state index contributed by atoms with van der Waals surface area (Å²) in [6.45, 7) is 13.5. The predicted octanol–water partition coefficient (Wildman–Crippen LogP) is 9.30. The Bertz CT molecular complexity index is 2000. The summed E-state index contributed by atoms with van der Waals surface area (Å²) in [5.74, 6) is 12.6. The van der Waals surface area contributed by atoms with Crippen LogP contribution in [0.15, 0.2) is 16.6 Å². The Kier molecular flexibility index (Phi) is 22.0. The van der Waals surface area contributed by atoms with E-state index in [0.717, 1.165) is 39.9 Å². The molecule has 4 heterocycles. The van der Waals surface area contributed by atoms with Crippen molar-refractivity contribution in [3.63, 3.8) is 0 Å².